The van der Waals surface area contributed by atoms with Crippen LogP contribution in [-0.2, 0) is 23.7 Å². The van der Waals surface area contributed by atoms with Crippen molar-refractivity contribution in [1.29, 1.82) is 0 Å². The molecule has 16 nitrogen and oxygen atoms in total. The van der Waals surface area contributed by atoms with Crippen molar-refractivity contribution >= 4 is 5.91 Å². The summed E-state index contributed by atoms with van der Waals surface area (Å²) in [6.45, 7) is 3.70. The zero-order chi connectivity index (χ0) is 32.5. The molecular formula is C29H53N7O9. The van der Waals surface area contributed by atoms with Crippen molar-refractivity contribution in [2.75, 3.05) is 39.8 Å². The Balaban J connectivity index is 1.26. The van der Waals surface area contributed by atoms with Gasteiger partial charge in [-0.3, -0.25) is 4.79 Å². The largest absolute Gasteiger partial charge is 0.467 e. The highest BCUT2D eigenvalue weighted by atomic mass is 16.7. The normalized spacial score (nSPS) is 44.6. The van der Waals surface area contributed by atoms with Gasteiger partial charge in [0.05, 0.1) is 31.3 Å². The molecule has 0 spiro atoms. The van der Waals surface area contributed by atoms with Crippen molar-refractivity contribution in [3.05, 3.63) is 11.8 Å². The third kappa shape index (κ3) is 7.97. The Morgan fingerprint density at radius 1 is 1.11 bits per heavy atom. The summed E-state index contributed by atoms with van der Waals surface area (Å²) in [5.74, 6) is 0.360. The van der Waals surface area contributed by atoms with Crippen LogP contribution < -0.4 is 38.5 Å². The minimum Gasteiger partial charge on any atom is -0.467 e. The minimum atomic E-state index is -1.42. The molecule has 0 bridgehead atoms. The maximum absolute atomic E-state index is 13.0. The molecule has 5 rings (SSSR count). The lowest BCUT2D eigenvalue weighted by Crippen LogP contribution is -2.69. The summed E-state index contributed by atoms with van der Waals surface area (Å²) < 4.78 is 24.2. The molecule has 4 fully saturated rings. The van der Waals surface area contributed by atoms with E-state index in [4.69, 9.17) is 36.1 Å². The van der Waals surface area contributed by atoms with Gasteiger partial charge in [0.25, 0.3) is 0 Å². The lowest BCUT2D eigenvalue weighted by Gasteiger charge is -2.49. The average Bonchev–Trinajstić information content (AvgIpc) is 2.93. The third-order valence-electron chi connectivity index (χ3n) is 9.84. The van der Waals surface area contributed by atoms with Crippen molar-refractivity contribution in [2.24, 2.45) is 29.0 Å². The fourth-order valence-electron chi connectivity index (χ4n) is 6.89. The minimum absolute atomic E-state index is 0.111. The number of hydrogen-bond acceptors (Lipinski definition) is 15. The van der Waals surface area contributed by atoms with Crippen molar-refractivity contribution in [2.45, 2.75) is 112 Å². The zero-order valence-electron chi connectivity index (χ0n) is 26.1. The van der Waals surface area contributed by atoms with Gasteiger partial charge in [0, 0.05) is 31.1 Å². The number of hydrogen-bond donors (Lipinski definition) is 11. The van der Waals surface area contributed by atoms with Gasteiger partial charge in [-0.25, -0.2) is 0 Å². The summed E-state index contributed by atoms with van der Waals surface area (Å²) in [4.78, 5) is 13.0. The second kappa shape index (κ2) is 14.7. The molecule has 1 unspecified atom stereocenters. The Hall–Kier alpha value is -1.51. The van der Waals surface area contributed by atoms with E-state index in [9.17, 15) is 25.2 Å². The summed E-state index contributed by atoms with van der Waals surface area (Å²) >= 11 is 0. The molecule has 16 heteroatoms. The van der Waals surface area contributed by atoms with Crippen LogP contribution in [0.5, 0.6) is 0 Å². The molecule has 258 valence electrons. The SMILES string of the molecule is CN[C@@H]1[C@@H](O)[C@@H](O[C@@H]2[C@@H](O)[C@H](O[C@H]3OC(CNCC4CC(N)C4)=CC[C@H]3N)[C@@H](N)C[C@H]2NC(=O)C(O)C2CNC2)OC[C@]1(C)O. The number of nitrogens with one attached hydrogen (secondary N) is 4. The van der Waals surface area contributed by atoms with Gasteiger partial charge >= 0.3 is 0 Å². The van der Waals surface area contributed by atoms with Crippen LogP contribution in [0.4, 0.5) is 0 Å². The number of carbonyl (C=O) groups excluding carboxylic acids is 1. The summed E-state index contributed by atoms with van der Waals surface area (Å²) in [5.41, 5.74) is 17.4. The van der Waals surface area contributed by atoms with Crippen LogP contribution in [0, 0.1) is 11.8 Å². The van der Waals surface area contributed by atoms with Gasteiger partial charge < -0.3 is 77.8 Å². The van der Waals surface area contributed by atoms with Gasteiger partial charge in [-0.05, 0) is 58.2 Å². The molecule has 1 amide bonds. The van der Waals surface area contributed by atoms with E-state index < -0.39 is 78.8 Å². The molecule has 5 aliphatic rings. The van der Waals surface area contributed by atoms with Crippen LogP contribution in [0.3, 0.4) is 0 Å². The van der Waals surface area contributed by atoms with Crippen LogP contribution in [0.15, 0.2) is 11.8 Å². The first-order valence-corrected chi connectivity index (χ1v) is 16.1. The van der Waals surface area contributed by atoms with E-state index in [1.165, 1.54) is 6.92 Å². The molecule has 2 aliphatic carbocycles. The average molecular weight is 644 g/mol. The van der Waals surface area contributed by atoms with Gasteiger partial charge in [-0.2, -0.15) is 0 Å². The quantitative estimate of drug-likeness (QED) is 0.0954. The van der Waals surface area contributed by atoms with Crippen LogP contribution >= 0.6 is 0 Å². The zero-order valence-corrected chi connectivity index (χ0v) is 26.1. The molecule has 2 saturated heterocycles. The highest BCUT2D eigenvalue weighted by Gasteiger charge is 2.52. The number of rotatable bonds is 12. The van der Waals surface area contributed by atoms with Gasteiger partial charge in [-0.15, -0.1) is 0 Å². The molecule has 0 aromatic rings. The van der Waals surface area contributed by atoms with Crippen molar-refractivity contribution < 1.29 is 44.2 Å². The van der Waals surface area contributed by atoms with Crippen molar-refractivity contribution in [3.8, 4) is 0 Å². The van der Waals surface area contributed by atoms with Crippen molar-refractivity contribution in [1.82, 2.24) is 21.3 Å². The number of carbonyl (C=O) groups is 1. The van der Waals surface area contributed by atoms with Crippen LogP contribution in [0.2, 0.25) is 0 Å². The van der Waals surface area contributed by atoms with E-state index in [-0.39, 0.29) is 25.0 Å². The molecule has 2 saturated carbocycles. The Morgan fingerprint density at radius 2 is 1.82 bits per heavy atom. The third-order valence-corrected chi connectivity index (χ3v) is 9.84. The molecule has 3 aliphatic heterocycles. The number of ether oxygens (including phenoxy) is 4. The van der Waals surface area contributed by atoms with Gasteiger partial charge in [-0.1, -0.05) is 0 Å². The Labute approximate surface area is 263 Å². The van der Waals surface area contributed by atoms with Crippen LogP contribution in [0.1, 0.15) is 32.6 Å². The van der Waals surface area contributed by atoms with Crippen LogP contribution in [0.25, 0.3) is 0 Å². The molecule has 0 aromatic carbocycles. The molecule has 0 radical (unpaired) electrons. The summed E-state index contributed by atoms with van der Waals surface area (Å²) in [6.07, 6.45) is -3.85. The first-order chi connectivity index (χ1) is 21.4. The number of amides is 1. The van der Waals surface area contributed by atoms with Gasteiger partial charge in [0.2, 0.25) is 12.2 Å². The van der Waals surface area contributed by atoms with Crippen LogP contribution in [-0.4, -0.2) is 145 Å². The van der Waals surface area contributed by atoms with E-state index in [2.05, 4.69) is 21.3 Å². The van der Waals surface area contributed by atoms with Gasteiger partial charge in [0.1, 0.15) is 41.9 Å². The first-order valence-electron chi connectivity index (χ1n) is 16.1. The number of nitrogens with two attached hydrogens (primary N) is 3. The van der Waals surface area contributed by atoms with Crippen molar-refractivity contribution in [3.63, 3.8) is 0 Å². The monoisotopic (exact) mass is 643 g/mol. The number of likely N-dealkylation sites (N-methyl/N-ethyl adjacent to an activating group) is 1. The standard InChI is InChI=1S/C29H53N7O9/c1-29(41)12-42-28(22(39)25(29)33-2)45-24-19(36-26(40)20(37)14-9-35-10-14)7-18(32)23(21(24)38)44-27-17(31)4-3-16(43-27)11-34-8-13-5-15(30)6-13/h3,13-15,17-25,27-28,33-35,37-39,41H,4-12,30-32H2,1-2H3,(H,36,40)/t13?,15?,17-,18+,19-,20?,21+,22-,23-,24+,25-,27-,28-,29+/m1/s1. The second-order valence-corrected chi connectivity index (χ2v) is 13.6. The molecule has 45 heavy (non-hydrogen) atoms. The smallest absolute Gasteiger partial charge is 0.249 e. The lowest BCUT2D eigenvalue weighted by molar-refractivity contribution is -0.304. The summed E-state index contributed by atoms with van der Waals surface area (Å²) in [7, 11) is 1.59. The summed E-state index contributed by atoms with van der Waals surface area (Å²) in [5, 5.41) is 56.1. The maximum atomic E-state index is 13.0. The molecule has 12 atom stereocenters. The van der Waals surface area contributed by atoms with E-state index in [0.717, 1.165) is 19.4 Å². The Bertz CT molecular complexity index is 1030. The lowest BCUT2D eigenvalue weighted by atomic mass is 9.81. The molecular weight excluding hydrogens is 590 g/mol. The predicted octanol–water partition coefficient (Wildman–Crippen LogP) is -4.75. The van der Waals surface area contributed by atoms with E-state index in [1.807, 2.05) is 6.08 Å². The van der Waals surface area contributed by atoms with E-state index >= 15 is 0 Å². The number of aliphatic hydroxyl groups is 4. The second-order valence-electron chi connectivity index (χ2n) is 13.6. The highest BCUT2D eigenvalue weighted by Crippen LogP contribution is 2.32. The molecule has 14 N–H and O–H groups in total. The fraction of sp³-hybridized carbons (Fsp3) is 0.897. The first kappa shape index (κ1) is 34.8. The Morgan fingerprint density at radius 3 is 2.47 bits per heavy atom. The van der Waals surface area contributed by atoms with Gasteiger partial charge in [0.15, 0.2) is 6.29 Å². The summed E-state index contributed by atoms with van der Waals surface area (Å²) in [6, 6.07) is -2.69. The number of aliphatic hydroxyl groups excluding tert-OH is 3. The topological polar surface area (TPSA) is 261 Å². The Kier molecular flexibility index (Phi) is 11.4. The van der Waals surface area contributed by atoms with E-state index in [0.29, 0.717) is 37.7 Å². The molecule has 0 aromatic heterocycles. The highest BCUT2D eigenvalue weighted by molar-refractivity contribution is 5.81. The fourth-order valence-corrected chi connectivity index (χ4v) is 6.89. The predicted molar refractivity (Wildman–Crippen MR) is 161 cm³/mol. The maximum Gasteiger partial charge on any atom is 0.249 e. The van der Waals surface area contributed by atoms with E-state index in [1.54, 1.807) is 7.05 Å². The molecule has 3 heterocycles.